The lowest BCUT2D eigenvalue weighted by molar-refractivity contribution is 0.101. The maximum absolute atomic E-state index is 10.1. The molecule has 1 atom stereocenters. The van der Waals surface area contributed by atoms with Gasteiger partial charge in [-0.05, 0) is 32.3 Å². The molecule has 0 aliphatic carbocycles. The number of nitrogens with zero attached hydrogens (tertiary/aromatic N) is 4. The molecule has 1 aromatic heterocycles. The van der Waals surface area contributed by atoms with Gasteiger partial charge in [-0.25, -0.2) is 9.97 Å². The lowest BCUT2D eigenvalue weighted by atomic mass is 10.0. The van der Waals surface area contributed by atoms with E-state index in [4.69, 9.17) is 9.97 Å². The molecule has 2 heterocycles. The van der Waals surface area contributed by atoms with Gasteiger partial charge in [0.1, 0.15) is 11.6 Å². The van der Waals surface area contributed by atoms with E-state index in [2.05, 4.69) is 54.8 Å². The van der Waals surface area contributed by atoms with Crippen molar-refractivity contribution in [1.82, 2.24) is 14.9 Å². The van der Waals surface area contributed by atoms with E-state index >= 15 is 0 Å². The number of piperazine rings is 1. The highest BCUT2D eigenvalue weighted by atomic mass is 16.3. The Bertz CT molecular complexity index is 799. The van der Waals surface area contributed by atoms with Crippen LogP contribution in [0.5, 0.6) is 0 Å². The fourth-order valence-corrected chi connectivity index (χ4v) is 4.26. The molecule has 1 saturated heterocycles. The molecular weight excluding hydrogens is 360 g/mol. The van der Waals surface area contributed by atoms with E-state index in [1.807, 2.05) is 6.92 Å². The van der Waals surface area contributed by atoms with Crippen LogP contribution in [0.2, 0.25) is 0 Å². The van der Waals surface area contributed by atoms with Crippen LogP contribution >= 0.6 is 0 Å². The second-order valence-electron chi connectivity index (χ2n) is 8.27. The maximum atomic E-state index is 10.1. The fraction of sp³-hybridized carbons (Fsp3) is 0.583. The zero-order valence-corrected chi connectivity index (χ0v) is 18.5. The van der Waals surface area contributed by atoms with Crippen LogP contribution in [0.4, 0.5) is 5.82 Å². The highest BCUT2D eigenvalue weighted by molar-refractivity contribution is 5.52. The van der Waals surface area contributed by atoms with Crippen LogP contribution < -0.4 is 4.90 Å². The summed E-state index contributed by atoms with van der Waals surface area (Å²) in [6.07, 6.45) is 3.49. The number of aliphatic hydroxyl groups excluding tert-OH is 1. The zero-order chi connectivity index (χ0) is 20.8. The number of anilines is 1. The van der Waals surface area contributed by atoms with Crippen LogP contribution in [0.3, 0.4) is 0 Å². The van der Waals surface area contributed by atoms with Gasteiger partial charge in [0.15, 0.2) is 0 Å². The van der Waals surface area contributed by atoms with E-state index < -0.39 is 0 Å². The van der Waals surface area contributed by atoms with Crippen molar-refractivity contribution in [3.05, 3.63) is 52.5 Å². The lowest BCUT2D eigenvalue weighted by Gasteiger charge is -2.37. The molecule has 1 fully saturated rings. The highest BCUT2D eigenvalue weighted by Crippen LogP contribution is 2.26. The van der Waals surface area contributed by atoms with Gasteiger partial charge in [-0.15, -0.1) is 0 Å². The Hall–Kier alpha value is -1.98. The summed E-state index contributed by atoms with van der Waals surface area (Å²) in [7, 11) is 0. The molecule has 0 spiro atoms. The van der Waals surface area contributed by atoms with Gasteiger partial charge in [-0.2, -0.15) is 0 Å². The number of aryl methyl sites for hydroxylation is 3. The molecular formula is C24H36N4O. The number of rotatable bonds is 8. The molecule has 1 aliphatic rings. The molecule has 0 unspecified atom stereocenters. The number of benzene rings is 1. The monoisotopic (exact) mass is 396 g/mol. The maximum Gasteiger partial charge on any atom is 0.136 e. The highest BCUT2D eigenvalue weighted by Gasteiger charge is 2.23. The lowest BCUT2D eigenvalue weighted by Crippen LogP contribution is -2.49. The van der Waals surface area contributed by atoms with Gasteiger partial charge in [0.25, 0.3) is 0 Å². The Kier molecular flexibility index (Phi) is 7.62. The minimum absolute atomic E-state index is 0.212. The van der Waals surface area contributed by atoms with E-state index in [1.165, 1.54) is 16.7 Å². The summed E-state index contributed by atoms with van der Waals surface area (Å²) in [5.74, 6) is 1.95. The van der Waals surface area contributed by atoms with E-state index in [0.717, 1.165) is 75.7 Å². The molecule has 5 heteroatoms. The van der Waals surface area contributed by atoms with Crippen LogP contribution in [0.15, 0.2) is 24.3 Å². The van der Waals surface area contributed by atoms with Gasteiger partial charge in [0.2, 0.25) is 0 Å². The average Bonchev–Trinajstić information content (AvgIpc) is 2.70. The predicted molar refractivity (Wildman–Crippen MR) is 120 cm³/mol. The quantitative estimate of drug-likeness (QED) is 0.740. The summed E-state index contributed by atoms with van der Waals surface area (Å²) in [6.45, 7) is 13.0. The standard InChI is InChI=1S/C24H36N4O/c1-5-8-21(29)17-27-11-13-28(14-12-27)24-22(23(6-2)25-19(4)26-24)16-20-10-7-9-18(3)15-20/h7,9-10,15,21,29H,5-6,8,11-14,16-17H2,1-4H3/t21-/m1/s1. The van der Waals surface area contributed by atoms with Crippen molar-refractivity contribution in [3.8, 4) is 0 Å². The van der Waals surface area contributed by atoms with Gasteiger partial charge in [-0.3, -0.25) is 4.90 Å². The number of hydrogen-bond acceptors (Lipinski definition) is 5. The molecule has 0 amide bonds. The third-order valence-corrected chi connectivity index (χ3v) is 5.74. The molecule has 5 nitrogen and oxygen atoms in total. The Balaban J connectivity index is 1.79. The van der Waals surface area contributed by atoms with Gasteiger partial charge in [0, 0.05) is 50.4 Å². The van der Waals surface area contributed by atoms with Crippen LogP contribution in [0, 0.1) is 13.8 Å². The third-order valence-electron chi connectivity index (χ3n) is 5.74. The van der Waals surface area contributed by atoms with Crippen molar-refractivity contribution in [2.24, 2.45) is 0 Å². The van der Waals surface area contributed by atoms with Gasteiger partial charge >= 0.3 is 0 Å². The topological polar surface area (TPSA) is 52.5 Å². The molecule has 2 aromatic rings. The first-order valence-electron chi connectivity index (χ1n) is 11.1. The van der Waals surface area contributed by atoms with Crippen LogP contribution in [-0.4, -0.2) is 58.8 Å². The normalized spacial score (nSPS) is 16.2. The van der Waals surface area contributed by atoms with Crippen molar-refractivity contribution >= 4 is 5.82 Å². The Morgan fingerprint density at radius 1 is 1.07 bits per heavy atom. The van der Waals surface area contributed by atoms with E-state index in [1.54, 1.807) is 0 Å². The molecule has 29 heavy (non-hydrogen) atoms. The SMILES string of the molecule is CCC[C@@H](O)CN1CCN(c2nc(C)nc(CC)c2Cc2cccc(C)c2)CC1. The van der Waals surface area contributed by atoms with Crippen molar-refractivity contribution < 1.29 is 5.11 Å². The first kappa shape index (κ1) is 21.7. The van der Waals surface area contributed by atoms with Crippen LogP contribution in [-0.2, 0) is 12.8 Å². The van der Waals surface area contributed by atoms with Crippen molar-refractivity contribution in [3.63, 3.8) is 0 Å². The molecule has 1 N–H and O–H groups in total. The molecule has 0 saturated carbocycles. The van der Waals surface area contributed by atoms with E-state index in [-0.39, 0.29) is 6.10 Å². The number of hydrogen-bond donors (Lipinski definition) is 1. The summed E-state index contributed by atoms with van der Waals surface area (Å²) in [4.78, 5) is 14.4. The van der Waals surface area contributed by atoms with E-state index in [0.29, 0.717) is 0 Å². The molecule has 0 bridgehead atoms. The Morgan fingerprint density at radius 3 is 2.48 bits per heavy atom. The molecule has 158 valence electrons. The van der Waals surface area contributed by atoms with E-state index in [9.17, 15) is 5.11 Å². The van der Waals surface area contributed by atoms with Gasteiger partial charge in [-0.1, -0.05) is 50.1 Å². The second-order valence-corrected chi connectivity index (χ2v) is 8.27. The van der Waals surface area contributed by atoms with Crippen molar-refractivity contribution in [2.75, 3.05) is 37.6 Å². The number of β-amino-alcohol motifs (C(OH)–C–C–N with tert-alkyl or cyclic N) is 1. The van der Waals surface area contributed by atoms with Gasteiger partial charge in [0.05, 0.1) is 6.10 Å². The molecule has 1 aliphatic heterocycles. The largest absolute Gasteiger partial charge is 0.392 e. The summed E-state index contributed by atoms with van der Waals surface area (Å²) in [6, 6.07) is 8.73. The van der Waals surface area contributed by atoms with Gasteiger partial charge < -0.3 is 10.0 Å². The minimum atomic E-state index is -0.212. The average molecular weight is 397 g/mol. The molecule has 3 rings (SSSR count). The van der Waals surface area contributed by atoms with Crippen molar-refractivity contribution in [2.45, 2.75) is 59.5 Å². The predicted octanol–water partition coefficient (Wildman–Crippen LogP) is 3.53. The Labute approximate surface area is 175 Å². The fourth-order valence-electron chi connectivity index (χ4n) is 4.26. The summed E-state index contributed by atoms with van der Waals surface area (Å²) in [5.41, 5.74) is 5.03. The summed E-state index contributed by atoms with van der Waals surface area (Å²) >= 11 is 0. The summed E-state index contributed by atoms with van der Waals surface area (Å²) < 4.78 is 0. The second kappa shape index (κ2) is 10.2. The Morgan fingerprint density at radius 2 is 1.83 bits per heavy atom. The minimum Gasteiger partial charge on any atom is -0.392 e. The van der Waals surface area contributed by atoms with Crippen LogP contribution in [0.1, 0.15) is 54.9 Å². The summed E-state index contributed by atoms with van der Waals surface area (Å²) in [5, 5.41) is 10.1. The molecule has 0 radical (unpaired) electrons. The zero-order valence-electron chi connectivity index (χ0n) is 18.5. The molecule has 1 aromatic carbocycles. The van der Waals surface area contributed by atoms with Crippen molar-refractivity contribution in [1.29, 1.82) is 0 Å². The number of aromatic nitrogens is 2. The first-order chi connectivity index (χ1) is 14.0. The smallest absolute Gasteiger partial charge is 0.136 e. The first-order valence-corrected chi connectivity index (χ1v) is 11.1. The van der Waals surface area contributed by atoms with Crippen LogP contribution in [0.25, 0.3) is 0 Å². The number of aliphatic hydroxyl groups is 1. The third kappa shape index (κ3) is 5.77.